The van der Waals surface area contributed by atoms with Crippen molar-refractivity contribution in [3.8, 4) is 11.5 Å². The molecule has 27 heavy (non-hydrogen) atoms. The van der Waals surface area contributed by atoms with Gasteiger partial charge >= 0.3 is 12.1 Å². The van der Waals surface area contributed by atoms with E-state index in [-0.39, 0.29) is 12.1 Å². The van der Waals surface area contributed by atoms with E-state index in [4.69, 9.17) is 9.47 Å². The average Bonchev–Trinajstić information content (AvgIpc) is 2.65. The zero-order valence-corrected chi connectivity index (χ0v) is 14.5. The molecule has 0 saturated heterocycles. The summed E-state index contributed by atoms with van der Waals surface area (Å²) < 4.78 is 46.9. The van der Waals surface area contributed by atoms with Crippen molar-refractivity contribution in [3.05, 3.63) is 53.6 Å². The first-order valence-corrected chi connectivity index (χ1v) is 7.71. The number of rotatable bonds is 6. The molecule has 0 atom stereocenters. The Morgan fingerprint density at radius 2 is 1.63 bits per heavy atom. The lowest BCUT2D eigenvalue weighted by molar-refractivity contribution is -0.173. The highest BCUT2D eigenvalue weighted by Crippen LogP contribution is 2.23. The molecule has 9 heteroatoms. The fourth-order valence-corrected chi connectivity index (χ4v) is 2.18. The van der Waals surface area contributed by atoms with Gasteiger partial charge in [0.05, 0.1) is 14.2 Å². The molecule has 0 heterocycles. The lowest BCUT2D eigenvalue weighted by Gasteiger charge is -2.11. The van der Waals surface area contributed by atoms with Crippen LogP contribution >= 0.6 is 0 Å². The first kappa shape index (κ1) is 20.1. The summed E-state index contributed by atoms with van der Waals surface area (Å²) in [6.45, 7) is -0.324. The molecule has 0 spiro atoms. The van der Waals surface area contributed by atoms with Crippen LogP contribution in [0.1, 0.15) is 15.9 Å². The van der Waals surface area contributed by atoms with Gasteiger partial charge in [0.25, 0.3) is 5.91 Å². The summed E-state index contributed by atoms with van der Waals surface area (Å²) in [5.41, 5.74) is 1.04. The number of ether oxygens (including phenoxy) is 2. The molecule has 0 unspecified atom stereocenters. The zero-order chi connectivity index (χ0) is 20.0. The Morgan fingerprint density at radius 3 is 2.19 bits per heavy atom. The van der Waals surface area contributed by atoms with Gasteiger partial charge in [-0.1, -0.05) is 12.1 Å². The van der Waals surface area contributed by atoms with Gasteiger partial charge in [0, 0.05) is 23.9 Å². The molecule has 2 amide bonds. The van der Waals surface area contributed by atoms with Crippen molar-refractivity contribution in [2.24, 2.45) is 0 Å². The van der Waals surface area contributed by atoms with Crippen molar-refractivity contribution < 1.29 is 32.2 Å². The minimum atomic E-state index is -4.95. The Labute approximate surface area is 153 Å². The smallest absolute Gasteiger partial charge is 0.471 e. The number of alkyl halides is 3. The lowest BCUT2D eigenvalue weighted by atomic mass is 10.1. The van der Waals surface area contributed by atoms with Crippen LogP contribution in [0.4, 0.5) is 18.9 Å². The molecule has 0 aliphatic rings. The topological polar surface area (TPSA) is 76.7 Å². The van der Waals surface area contributed by atoms with Gasteiger partial charge in [0.1, 0.15) is 11.5 Å². The number of hydrogen-bond donors (Lipinski definition) is 2. The van der Waals surface area contributed by atoms with E-state index in [1.165, 1.54) is 38.5 Å². The number of anilines is 1. The maximum absolute atomic E-state index is 12.4. The fraction of sp³-hybridized carbons (Fsp3) is 0.222. The molecule has 144 valence electrons. The van der Waals surface area contributed by atoms with Crippen molar-refractivity contribution >= 4 is 17.5 Å². The van der Waals surface area contributed by atoms with Crippen molar-refractivity contribution in [2.75, 3.05) is 19.5 Å². The minimum absolute atomic E-state index is 0.280. The summed E-state index contributed by atoms with van der Waals surface area (Å²) in [5.74, 6) is -1.62. The van der Waals surface area contributed by atoms with Crippen molar-refractivity contribution in [3.63, 3.8) is 0 Å². The predicted molar refractivity (Wildman–Crippen MR) is 91.8 cm³/mol. The first-order chi connectivity index (χ1) is 12.7. The Morgan fingerprint density at radius 1 is 1.00 bits per heavy atom. The Balaban J connectivity index is 2.09. The van der Waals surface area contributed by atoms with Crippen LogP contribution in [-0.2, 0) is 11.3 Å². The number of benzene rings is 2. The van der Waals surface area contributed by atoms with Gasteiger partial charge in [-0.3, -0.25) is 9.59 Å². The minimum Gasteiger partial charge on any atom is -0.497 e. The number of amides is 2. The molecule has 0 radical (unpaired) electrons. The van der Waals surface area contributed by atoms with Gasteiger partial charge in [-0.25, -0.2) is 0 Å². The van der Waals surface area contributed by atoms with Crippen molar-refractivity contribution in [1.82, 2.24) is 5.32 Å². The summed E-state index contributed by atoms with van der Waals surface area (Å²) >= 11 is 0. The normalized spacial score (nSPS) is 10.9. The molecule has 0 saturated carbocycles. The van der Waals surface area contributed by atoms with E-state index in [9.17, 15) is 22.8 Å². The maximum Gasteiger partial charge on any atom is 0.471 e. The van der Waals surface area contributed by atoms with E-state index in [1.807, 2.05) is 0 Å². The predicted octanol–water partition coefficient (Wildman–Crippen LogP) is 3.13. The molecule has 0 aliphatic heterocycles. The third-order valence-corrected chi connectivity index (χ3v) is 3.51. The highest BCUT2D eigenvalue weighted by Gasteiger charge is 2.38. The molecule has 2 aromatic rings. The molecule has 0 aromatic heterocycles. The van der Waals surface area contributed by atoms with Crippen LogP contribution in [0, 0.1) is 0 Å². The largest absolute Gasteiger partial charge is 0.497 e. The van der Waals surface area contributed by atoms with Crippen LogP contribution in [0.2, 0.25) is 0 Å². The molecule has 2 rings (SSSR count). The van der Waals surface area contributed by atoms with Gasteiger partial charge in [0.2, 0.25) is 0 Å². The van der Waals surface area contributed by atoms with E-state index in [2.05, 4.69) is 5.32 Å². The van der Waals surface area contributed by atoms with Crippen molar-refractivity contribution in [1.29, 1.82) is 0 Å². The molecule has 2 aromatic carbocycles. The molecule has 0 aliphatic carbocycles. The van der Waals surface area contributed by atoms with Gasteiger partial charge in [0.15, 0.2) is 0 Å². The van der Waals surface area contributed by atoms with Crippen LogP contribution in [0.3, 0.4) is 0 Å². The number of carbonyl (C=O) groups is 2. The number of hydrogen-bond acceptors (Lipinski definition) is 4. The summed E-state index contributed by atoms with van der Waals surface area (Å²) in [6, 6.07) is 10.8. The van der Waals surface area contributed by atoms with E-state index in [1.54, 1.807) is 23.5 Å². The van der Waals surface area contributed by atoms with E-state index in [0.717, 1.165) is 0 Å². The monoisotopic (exact) mass is 382 g/mol. The fourth-order valence-electron chi connectivity index (χ4n) is 2.18. The first-order valence-electron chi connectivity index (χ1n) is 7.71. The van der Waals surface area contributed by atoms with Gasteiger partial charge < -0.3 is 20.1 Å². The molecule has 6 nitrogen and oxygen atoms in total. The van der Waals surface area contributed by atoms with Crippen LogP contribution in [0.25, 0.3) is 0 Å². The number of nitrogens with one attached hydrogen (secondary N) is 2. The Kier molecular flexibility index (Phi) is 6.27. The lowest BCUT2D eigenvalue weighted by Crippen LogP contribution is -2.36. The highest BCUT2D eigenvalue weighted by molar-refractivity contribution is 6.04. The SMILES string of the molecule is COc1cc(OC)cc(C(=O)Nc2cccc(CNC(=O)C(F)(F)F)c2)c1. The Bertz CT molecular complexity index is 815. The third kappa shape index (κ3) is 5.63. The maximum atomic E-state index is 12.4. The second-order valence-corrected chi connectivity index (χ2v) is 5.44. The number of halogens is 3. The second kappa shape index (κ2) is 8.43. The van der Waals surface area contributed by atoms with Gasteiger partial charge in [-0.05, 0) is 29.8 Å². The van der Waals surface area contributed by atoms with Crippen LogP contribution in [0.5, 0.6) is 11.5 Å². The van der Waals surface area contributed by atoms with Crippen LogP contribution in [-0.4, -0.2) is 32.2 Å². The second-order valence-electron chi connectivity index (χ2n) is 5.44. The van der Waals surface area contributed by atoms with Crippen LogP contribution in [0.15, 0.2) is 42.5 Å². The summed E-state index contributed by atoms with van der Waals surface area (Å²) in [4.78, 5) is 23.3. The summed E-state index contributed by atoms with van der Waals surface area (Å²) in [7, 11) is 2.91. The summed E-state index contributed by atoms with van der Waals surface area (Å²) in [6.07, 6.45) is -4.95. The average molecular weight is 382 g/mol. The van der Waals surface area contributed by atoms with E-state index in [0.29, 0.717) is 22.7 Å². The van der Waals surface area contributed by atoms with Gasteiger partial charge in [-0.2, -0.15) is 13.2 Å². The zero-order valence-electron chi connectivity index (χ0n) is 14.5. The number of carbonyl (C=O) groups excluding carboxylic acids is 2. The van der Waals surface area contributed by atoms with Crippen LogP contribution < -0.4 is 20.1 Å². The molecular formula is C18H17F3N2O4. The van der Waals surface area contributed by atoms with E-state index >= 15 is 0 Å². The van der Waals surface area contributed by atoms with Crippen molar-refractivity contribution in [2.45, 2.75) is 12.7 Å². The molecule has 2 N–H and O–H groups in total. The van der Waals surface area contributed by atoms with Gasteiger partial charge in [-0.15, -0.1) is 0 Å². The molecular weight excluding hydrogens is 365 g/mol. The highest BCUT2D eigenvalue weighted by atomic mass is 19.4. The molecule has 0 fully saturated rings. The number of methoxy groups -OCH3 is 2. The Hall–Kier alpha value is -3.23. The summed E-state index contributed by atoms with van der Waals surface area (Å²) in [5, 5.41) is 4.41. The standard InChI is InChI=1S/C18H17F3N2O4/c1-26-14-7-12(8-15(9-14)27-2)16(24)23-13-5-3-4-11(6-13)10-22-17(25)18(19,20)21/h3-9H,10H2,1-2H3,(H,22,25)(H,23,24). The quantitative estimate of drug-likeness (QED) is 0.805. The molecule has 0 bridgehead atoms. The van der Waals surface area contributed by atoms with E-state index < -0.39 is 18.0 Å². The third-order valence-electron chi connectivity index (χ3n) is 3.51.